The van der Waals surface area contributed by atoms with E-state index >= 15 is 4.39 Å². The van der Waals surface area contributed by atoms with Gasteiger partial charge in [-0.1, -0.05) is 57.9 Å². The van der Waals surface area contributed by atoms with Crippen molar-refractivity contribution in [2.45, 2.75) is 90.2 Å². The van der Waals surface area contributed by atoms with Crippen LogP contribution in [0.1, 0.15) is 65.7 Å². The van der Waals surface area contributed by atoms with Crippen molar-refractivity contribution in [1.82, 2.24) is 0 Å². The Hall–Kier alpha value is -1.20. The van der Waals surface area contributed by atoms with Gasteiger partial charge in [-0.3, -0.25) is 4.79 Å². The maximum atomic E-state index is 15.0. The number of methoxy groups -OCH3 is 1. The van der Waals surface area contributed by atoms with E-state index in [1.165, 1.54) is 7.11 Å². The molecule has 2 unspecified atom stereocenters. The van der Waals surface area contributed by atoms with Crippen molar-refractivity contribution in [3.63, 3.8) is 0 Å². The Bertz CT molecular complexity index is 557. The predicted molar refractivity (Wildman–Crippen MR) is 109 cm³/mol. The van der Waals surface area contributed by atoms with Gasteiger partial charge in [0.05, 0.1) is 19.3 Å². The molecule has 0 amide bonds. The number of unbranched alkanes of at least 4 members (excludes halogenated alkanes) is 1. The number of carbonyl (C=O) groups excluding carboxylic acids is 1. The number of halogens is 1. The van der Waals surface area contributed by atoms with E-state index in [2.05, 4.69) is 25.5 Å². The Morgan fingerprint density at radius 1 is 1.36 bits per heavy atom. The molecule has 0 radical (unpaired) electrons. The van der Waals surface area contributed by atoms with Gasteiger partial charge in [-0.15, -0.1) is 0 Å². The van der Waals surface area contributed by atoms with Crippen LogP contribution in [0.5, 0.6) is 0 Å². The molecule has 1 aliphatic carbocycles. The fourth-order valence-corrected chi connectivity index (χ4v) is 4.31. The highest BCUT2D eigenvalue weighted by Crippen LogP contribution is 2.46. The molecule has 5 heteroatoms. The fourth-order valence-electron chi connectivity index (χ4n) is 4.31. The summed E-state index contributed by atoms with van der Waals surface area (Å²) in [5.74, 6) is -0.321. The Kier molecular flexibility index (Phi) is 8.69. The molecule has 0 aromatic carbocycles. The molecule has 1 N–H and O–H groups in total. The van der Waals surface area contributed by atoms with E-state index in [1.54, 1.807) is 12.2 Å². The summed E-state index contributed by atoms with van der Waals surface area (Å²) < 4.78 is 25.5. The lowest BCUT2D eigenvalue weighted by atomic mass is 9.80. The number of hydrogen-bond donors (Lipinski definition) is 1. The predicted octanol–water partition coefficient (Wildman–Crippen LogP) is 4.76. The van der Waals surface area contributed by atoms with Gasteiger partial charge in [0.25, 0.3) is 0 Å². The minimum absolute atomic E-state index is 0.0647. The molecule has 160 valence electrons. The second-order valence-corrected chi connectivity index (χ2v) is 8.87. The average Bonchev–Trinajstić information content (AvgIpc) is 3.21. The summed E-state index contributed by atoms with van der Waals surface area (Å²) in [5.41, 5.74) is -0.170. The lowest BCUT2D eigenvalue weighted by Gasteiger charge is -2.29. The zero-order valence-corrected chi connectivity index (χ0v) is 17.8. The maximum absolute atomic E-state index is 15.0. The molecule has 0 aromatic rings. The minimum atomic E-state index is -1.05. The first-order valence-corrected chi connectivity index (χ1v) is 10.7. The van der Waals surface area contributed by atoms with Gasteiger partial charge in [0.2, 0.25) is 0 Å². The number of carbonyl (C=O) groups is 1. The zero-order chi connectivity index (χ0) is 20.7. The van der Waals surface area contributed by atoms with E-state index in [9.17, 15) is 9.90 Å². The third-order valence-corrected chi connectivity index (χ3v) is 6.31. The van der Waals surface area contributed by atoms with Gasteiger partial charge in [-0.25, -0.2) is 4.39 Å². The number of rotatable bonds is 10. The summed E-state index contributed by atoms with van der Waals surface area (Å²) in [5, 5.41) is 10.6. The zero-order valence-electron chi connectivity index (χ0n) is 17.8. The van der Waals surface area contributed by atoms with Crippen molar-refractivity contribution in [2.24, 2.45) is 17.3 Å². The van der Waals surface area contributed by atoms with E-state index in [4.69, 9.17) is 4.74 Å². The molecule has 2 aliphatic rings. The topological polar surface area (TPSA) is 55.8 Å². The van der Waals surface area contributed by atoms with Crippen LogP contribution in [0, 0.1) is 17.3 Å². The summed E-state index contributed by atoms with van der Waals surface area (Å²) in [6.45, 7) is 6.32. The highest BCUT2D eigenvalue weighted by atomic mass is 19.1. The number of fused-ring (bicyclic) bond motifs is 1. The van der Waals surface area contributed by atoms with Crippen molar-refractivity contribution < 1.29 is 23.8 Å². The van der Waals surface area contributed by atoms with Crippen LogP contribution in [0.25, 0.3) is 0 Å². The Morgan fingerprint density at radius 3 is 2.79 bits per heavy atom. The van der Waals surface area contributed by atoms with Crippen molar-refractivity contribution >= 4 is 5.97 Å². The monoisotopic (exact) mass is 396 g/mol. The Labute approximate surface area is 169 Å². The second kappa shape index (κ2) is 10.5. The number of allylic oxidation sites excluding steroid dienone is 2. The molecule has 2 rings (SSSR count). The number of esters is 1. The van der Waals surface area contributed by atoms with Crippen LogP contribution in [0.2, 0.25) is 0 Å². The van der Waals surface area contributed by atoms with Crippen LogP contribution in [0.3, 0.4) is 0 Å². The first-order chi connectivity index (χ1) is 13.3. The quantitative estimate of drug-likeness (QED) is 0.427. The Morgan fingerprint density at radius 2 is 2.11 bits per heavy atom. The smallest absolute Gasteiger partial charge is 0.305 e. The van der Waals surface area contributed by atoms with Gasteiger partial charge in [0.1, 0.15) is 12.3 Å². The van der Waals surface area contributed by atoms with Gasteiger partial charge >= 0.3 is 5.97 Å². The van der Waals surface area contributed by atoms with E-state index in [0.717, 1.165) is 32.1 Å². The van der Waals surface area contributed by atoms with E-state index in [-0.39, 0.29) is 29.3 Å². The van der Waals surface area contributed by atoms with E-state index < -0.39 is 18.4 Å². The molecule has 1 saturated heterocycles. The van der Waals surface area contributed by atoms with Crippen molar-refractivity contribution in [2.75, 3.05) is 7.11 Å². The number of aliphatic hydroxyl groups is 1. The van der Waals surface area contributed by atoms with Crippen LogP contribution in [-0.2, 0) is 14.3 Å². The van der Waals surface area contributed by atoms with E-state index in [1.807, 2.05) is 12.2 Å². The van der Waals surface area contributed by atoms with Crippen molar-refractivity contribution in [1.29, 1.82) is 0 Å². The number of aliphatic hydroxyl groups excluding tert-OH is 1. The normalized spacial score (nSPS) is 31.6. The number of ether oxygens (including phenoxy) is 2. The van der Waals surface area contributed by atoms with Gasteiger partial charge in [-0.2, -0.15) is 0 Å². The summed E-state index contributed by atoms with van der Waals surface area (Å²) in [7, 11) is 1.36. The third kappa shape index (κ3) is 5.90. The third-order valence-electron chi connectivity index (χ3n) is 6.31. The number of alkyl halides is 1. The molecule has 4 nitrogen and oxygen atoms in total. The largest absolute Gasteiger partial charge is 0.469 e. The number of hydrogen-bond acceptors (Lipinski definition) is 4. The van der Waals surface area contributed by atoms with Crippen molar-refractivity contribution in [3.05, 3.63) is 24.3 Å². The molecule has 1 aliphatic heterocycles. The maximum Gasteiger partial charge on any atom is 0.305 e. The second-order valence-electron chi connectivity index (χ2n) is 8.87. The molecule has 28 heavy (non-hydrogen) atoms. The molecule has 2 fully saturated rings. The van der Waals surface area contributed by atoms with Crippen LogP contribution in [-0.4, -0.2) is 42.7 Å². The highest BCUT2D eigenvalue weighted by molar-refractivity contribution is 5.69. The van der Waals surface area contributed by atoms with Crippen LogP contribution in [0.4, 0.5) is 4.39 Å². The molecule has 1 heterocycles. The standard InChI is InChI=1S/C23H37FO4/c1-5-6-15-23(2,3)19(25)14-12-16-11-13-17-21(16)22(24)18(28-17)9-7-8-10-20(26)27-4/h7,9,12,14,16-19,21-22,25H,5-6,8,10-11,13,15H2,1-4H3/b9-7+,14-12+/t16-,17+,18?,19-,21-,22?/m1/s1. The van der Waals surface area contributed by atoms with Gasteiger partial charge in [0.15, 0.2) is 0 Å². The first kappa shape index (κ1) is 23.1. The molecular weight excluding hydrogens is 359 g/mol. The lowest BCUT2D eigenvalue weighted by Crippen LogP contribution is -2.28. The fraction of sp³-hybridized carbons (Fsp3) is 0.783. The van der Waals surface area contributed by atoms with Gasteiger partial charge in [-0.05, 0) is 37.0 Å². The SMILES string of the molecule is CCCCC(C)(C)[C@H](O)/C=C/[C@H]1CC[C@@H]2OC(/C=C/CCC(=O)OC)C(F)[C@@H]21. The van der Waals surface area contributed by atoms with Crippen molar-refractivity contribution in [3.8, 4) is 0 Å². The Balaban J connectivity index is 1.90. The first-order valence-electron chi connectivity index (χ1n) is 10.7. The molecule has 1 saturated carbocycles. The molecule has 0 spiro atoms. The van der Waals surface area contributed by atoms with Crippen LogP contribution >= 0.6 is 0 Å². The highest BCUT2D eigenvalue weighted by Gasteiger charge is 2.50. The molecule has 0 bridgehead atoms. The van der Waals surface area contributed by atoms with Crippen LogP contribution < -0.4 is 0 Å². The lowest BCUT2D eigenvalue weighted by molar-refractivity contribution is -0.140. The van der Waals surface area contributed by atoms with Gasteiger partial charge in [0, 0.05) is 12.3 Å². The average molecular weight is 397 g/mol. The molecule has 6 atom stereocenters. The summed E-state index contributed by atoms with van der Waals surface area (Å²) in [4.78, 5) is 11.1. The minimum Gasteiger partial charge on any atom is -0.469 e. The summed E-state index contributed by atoms with van der Waals surface area (Å²) in [6, 6.07) is 0. The summed E-state index contributed by atoms with van der Waals surface area (Å²) in [6.07, 6.45) is 11.0. The van der Waals surface area contributed by atoms with Gasteiger partial charge < -0.3 is 14.6 Å². The molecular formula is C23H37FO4. The molecule has 0 aromatic heterocycles. The van der Waals surface area contributed by atoms with Crippen LogP contribution in [0.15, 0.2) is 24.3 Å². The summed E-state index contributed by atoms with van der Waals surface area (Å²) >= 11 is 0. The van der Waals surface area contributed by atoms with E-state index in [0.29, 0.717) is 12.8 Å².